The first-order valence-corrected chi connectivity index (χ1v) is 16.3. The first kappa shape index (κ1) is 27.2. The van der Waals surface area contributed by atoms with E-state index in [1.807, 2.05) is 24.3 Å². The van der Waals surface area contributed by atoms with Crippen LogP contribution >= 0.6 is 30.3 Å². The Labute approximate surface area is 240 Å². The fraction of sp³-hybridized carbons (Fsp3) is 0.333. The summed E-state index contributed by atoms with van der Waals surface area (Å²) in [6.45, 7) is 11.1. The molecule has 0 unspecified atom stereocenters. The second kappa shape index (κ2) is 9.27. The number of nitriles is 1. The molecule has 10 heteroatoms. The zero-order chi connectivity index (χ0) is 28.6. The predicted octanol–water partition coefficient (Wildman–Crippen LogP) is 7.46. The van der Waals surface area contributed by atoms with Gasteiger partial charge in [-0.1, -0.05) is 27.7 Å². The molecule has 6 rings (SSSR count). The van der Waals surface area contributed by atoms with Gasteiger partial charge < -0.3 is 19.1 Å². The molecule has 1 aromatic carbocycles. The maximum absolute atomic E-state index is 13.4. The highest BCUT2D eigenvalue weighted by Gasteiger charge is 2.42. The summed E-state index contributed by atoms with van der Waals surface area (Å²) in [6, 6.07) is 13.2. The second-order valence-electron chi connectivity index (χ2n) is 11.8. The summed E-state index contributed by atoms with van der Waals surface area (Å²) in [4.78, 5) is 37.7. The van der Waals surface area contributed by atoms with Gasteiger partial charge in [0.05, 0.1) is 5.56 Å². The number of hydrogen-bond acceptors (Lipinski definition) is 7. The van der Waals surface area contributed by atoms with E-state index in [-0.39, 0.29) is 16.5 Å². The van der Waals surface area contributed by atoms with Crippen LogP contribution in [0.1, 0.15) is 56.5 Å². The van der Waals surface area contributed by atoms with Gasteiger partial charge >= 0.3 is 13.2 Å². The number of fused-ring (bicyclic) bond motifs is 2. The molecule has 0 bridgehead atoms. The molecule has 2 aliphatic rings. The molecular weight excluding hydrogens is 563 g/mol. The maximum Gasteiger partial charge on any atom is 0.366 e. The van der Waals surface area contributed by atoms with E-state index in [1.54, 1.807) is 12.1 Å². The molecule has 0 atom stereocenters. The van der Waals surface area contributed by atoms with Crippen molar-refractivity contribution in [1.82, 2.24) is 0 Å². The van der Waals surface area contributed by atoms with Gasteiger partial charge in [0.15, 0.2) is 0 Å². The molecule has 0 radical (unpaired) electrons. The summed E-state index contributed by atoms with van der Waals surface area (Å²) in [6.07, 6.45) is 3.30. The topological polar surface area (TPSA) is 115 Å². The van der Waals surface area contributed by atoms with Crippen LogP contribution in [-0.4, -0.2) is 22.9 Å². The molecule has 0 fully saturated rings. The molecule has 0 saturated carbocycles. The number of benzene rings is 1. The van der Waals surface area contributed by atoms with Crippen molar-refractivity contribution < 1.29 is 18.8 Å². The predicted molar refractivity (Wildman–Crippen MR) is 162 cm³/mol. The van der Waals surface area contributed by atoms with E-state index in [0.29, 0.717) is 16.0 Å². The second-order valence-corrected chi connectivity index (χ2v) is 15.6. The Morgan fingerprint density at radius 2 is 1.68 bits per heavy atom. The minimum Gasteiger partial charge on any atom is -0.422 e. The molecule has 206 valence electrons. The van der Waals surface area contributed by atoms with Crippen molar-refractivity contribution in [1.29, 1.82) is 5.26 Å². The molecule has 2 N–H and O–H groups in total. The van der Waals surface area contributed by atoms with Crippen LogP contribution in [0.5, 0.6) is 0 Å². The third kappa shape index (κ3) is 4.49. The van der Waals surface area contributed by atoms with Crippen LogP contribution in [0.25, 0.3) is 37.2 Å². The van der Waals surface area contributed by atoms with Crippen molar-refractivity contribution >= 4 is 53.0 Å². The standard InChI is InChI=1S/C30H29N2O5PS2/c1-29(2)9-11-32-12-10-30(3,4)25-26(32)21(29)14-17-13-20(28(33)37-27(17)25)22-7-8-24(40-22)23-6-5-19(39-23)15-18(16-31)38(34,35)36/h5-8,13-15H,9-12H2,1-4H3,(H2,34,35,36)/b18-15+. The average Bonchev–Trinajstić information content (AvgIpc) is 3.54. The largest absolute Gasteiger partial charge is 0.422 e. The molecule has 0 amide bonds. The fourth-order valence-corrected chi connectivity index (χ4v) is 8.39. The normalized spacial score (nSPS) is 18.0. The molecule has 0 aliphatic carbocycles. The van der Waals surface area contributed by atoms with E-state index in [2.05, 4.69) is 38.7 Å². The van der Waals surface area contributed by atoms with Gasteiger partial charge in [-0.25, -0.2) is 4.79 Å². The van der Waals surface area contributed by atoms with Gasteiger partial charge in [0, 0.05) is 49.2 Å². The van der Waals surface area contributed by atoms with Crippen molar-refractivity contribution in [2.75, 3.05) is 18.0 Å². The molecule has 3 aromatic heterocycles. The van der Waals surface area contributed by atoms with E-state index >= 15 is 0 Å². The van der Waals surface area contributed by atoms with Gasteiger partial charge in [-0.2, -0.15) is 5.26 Å². The van der Waals surface area contributed by atoms with Crippen LogP contribution in [0, 0.1) is 11.3 Å². The van der Waals surface area contributed by atoms with Crippen molar-refractivity contribution in [3.8, 4) is 26.3 Å². The first-order chi connectivity index (χ1) is 18.8. The van der Waals surface area contributed by atoms with Gasteiger partial charge in [-0.3, -0.25) is 4.57 Å². The Kier molecular flexibility index (Phi) is 6.30. The summed E-state index contributed by atoms with van der Waals surface area (Å²) in [7, 11) is -4.63. The zero-order valence-corrected chi connectivity index (χ0v) is 25.2. The van der Waals surface area contributed by atoms with E-state index in [9.17, 15) is 19.1 Å². The van der Waals surface area contributed by atoms with E-state index in [0.717, 1.165) is 51.5 Å². The lowest BCUT2D eigenvalue weighted by Crippen LogP contribution is -2.44. The van der Waals surface area contributed by atoms with Crippen LogP contribution in [0.15, 0.2) is 50.9 Å². The van der Waals surface area contributed by atoms with Crippen molar-refractivity contribution in [2.24, 2.45) is 0 Å². The number of rotatable bonds is 4. The van der Waals surface area contributed by atoms with Crippen molar-refractivity contribution in [3.05, 3.63) is 68.1 Å². The summed E-state index contributed by atoms with van der Waals surface area (Å²) in [5, 5.41) is 9.47. The molecule has 2 aliphatic heterocycles. The molecule has 7 nitrogen and oxygen atoms in total. The third-order valence-corrected chi connectivity index (χ3v) is 11.4. The molecule has 4 aromatic rings. The Morgan fingerprint density at radius 1 is 1.02 bits per heavy atom. The lowest BCUT2D eigenvalue weighted by molar-refractivity contribution is 0.384. The summed E-state index contributed by atoms with van der Waals surface area (Å²) in [5.41, 5.74) is 4.44. The summed E-state index contributed by atoms with van der Waals surface area (Å²) >= 11 is 2.78. The van der Waals surface area contributed by atoms with Crippen LogP contribution in [-0.2, 0) is 15.4 Å². The SMILES string of the molecule is CC1(C)CCN2CCC(C)(C)c3c2c1cc1cc(-c2ccc(-c4ccc(/C=C(\C#N)P(=O)(O)O)s4)s2)c(=O)oc31. The number of allylic oxidation sites excluding steroid dienone is 1. The van der Waals surface area contributed by atoms with Gasteiger partial charge in [0.1, 0.15) is 17.0 Å². The van der Waals surface area contributed by atoms with Crippen LogP contribution in [0.4, 0.5) is 5.69 Å². The Morgan fingerprint density at radius 3 is 2.38 bits per heavy atom. The van der Waals surface area contributed by atoms with Crippen molar-refractivity contribution in [2.45, 2.75) is 51.4 Å². The number of anilines is 1. The molecule has 0 saturated heterocycles. The lowest BCUT2D eigenvalue weighted by Gasteiger charge is -2.48. The van der Waals surface area contributed by atoms with E-state index in [4.69, 9.17) is 9.68 Å². The number of hydrogen-bond donors (Lipinski definition) is 2. The Balaban J connectivity index is 1.44. The highest BCUT2D eigenvalue weighted by molar-refractivity contribution is 7.57. The summed E-state index contributed by atoms with van der Waals surface area (Å²) < 4.78 is 17.7. The number of nitrogens with zero attached hydrogens (tertiary/aromatic N) is 2. The molecular formula is C30H29N2O5PS2. The van der Waals surface area contributed by atoms with Gasteiger partial charge in [-0.15, -0.1) is 22.7 Å². The minimum atomic E-state index is -4.63. The molecule has 40 heavy (non-hydrogen) atoms. The van der Waals surface area contributed by atoms with Crippen LogP contribution in [0.3, 0.4) is 0 Å². The highest BCUT2D eigenvalue weighted by atomic mass is 32.1. The fourth-order valence-electron chi connectivity index (χ4n) is 5.82. The molecule has 0 spiro atoms. The molecule has 5 heterocycles. The average molecular weight is 593 g/mol. The van der Waals surface area contributed by atoms with Gasteiger partial charge in [-0.05, 0) is 71.7 Å². The van der Waals surface area contributed by atoms with Crippen LogP contribution < -0.4 is 10.5 Å². The number of thiophene rings is 2. The third-order valence-electron chi connectivity index (χ3n) is 8.18. The first-order valence-electron chi connectivity index (χ1n) is 13.1. The highest BCUT2D eigenvalue weighted by Crippen LogP contribution is 2.52. The Hall–Kier alpha value is -2.99. The monoisotopic (exact) mass is 592 g/mol. The minimum absolute atomic E-state index is 0.0190. The summed E-state index contributed by atoms with van der Waals surface area (Å²) in [5.74, 6) is 0. The quantitative estimate of drug-likeness (QED) is 0.144. The van der Waals surface area contributed by atoms with Gasteiger partial charge in [0.2, 0.25) is 0 Å². The van der Waals surface area contributed by atoms with Crippen molar-refractivity contribution in [3.63, 3.8) is 0 Å². The van der Waals surface area contributed by atoms with Gasteiger partial charge in [0.25, 0.3) is 0 Å². The van der Waals surface area contributed by atoms with E-state index < -0.39 is 12.9 Å². The smallest absolute Gasteiger partial charge is 0.366 e. The zero-order valence-electron chi connectivity index (χ0n) is 22.6. The lowest BCUT2D eigenvalue weighted by atomic mass is 9.69. The van der Waals surface area contributed by atoms with Crippen LogP contribution in [0.2, 0.25) is 0 Å². The van der Waals surface area contributed by atoms with E-state index in [1.165, 1.54) is 40.0 Å². The maximum atomic E-state index is 13.4. The Bertz CT molecular complexity index is 1860.